The summed E-state index contributed by atoms with van der Waals surface area (Å²) in [7, 11) is 1.77. The zero-order chi connectivity index (χ0) is 11.1. The minimum Gasteiger partial charge on any atom is -0.396 e. The van der Waals surface area contributed by atoms with Crippen molar-refractivity contribution in [1.82, 2.24) is 4.90 Å². The van der Waals surface area contributed by atoms with Crippen molar-refractivity contribution in [3.8, 4) is 0 Å². The number of ether oxygens (including phenoxy) is 1. The molecule has 1 fully saturated rings. The van der Waals surface area contributed by atoms with E-state index in [0.717, 1.165) is 32.2 Å². The van der Waals surface area contributed by atoms with Crippen LogP contribution in [0, 0.1) is 5.92 Å². The molecule has 0 amide bonds. The van der Waals surface area contributed by atoms with Gasteiger partial charge >= 0.3 is 0 Å². The lowest BCUT2D eigenvalue weighted by molar-refractivity contribution is 0.0956. The van der Waals surface area contributed by atoms with Gasteiger partial charge in [0, 0.05) is 32.9 Å². The summed E-state index contributed by atoms with van der Waals surface area (Å²) in [5.41, 5.74) is 5.88. The van der Waals surface area contributed by atoms with Gasteiger partial charge in [-0.3, -0.25) is 0 Å². The topological polar surface area (TPSA) is 58.7 Å². The highest BCUT2D eigenvalue weighted by atomic mass is 16.5. The van der Waals surface area contributed by atoms with Crippen LogP contribution in [0.15, 0.2) is 0 Å². The van der Waals surface area contributed by atoms with Crippen LogP contribution < -0.4 is 5.73 Å². The molecule has 0 spiro atoms. The highest BCUT2D eigenvalue weighted by molar-refractivity contribution is 4.75. The molecule has 0 radical (unpaired) electrons. The van der Waals surface area contributed by atoms with Gasteiger partial charge in [0.25, 0.3) is 0 Å². The van der Waals surface area contributed by atoms with Crippen molar-refractivity contribution >= 4 is 0 Å². The van der Waals surface area contributed by atoms with E-state index in [0.29, 0.717) is 6.42 Å². The first-order valence-electron chi connectivity index (χ1n) is 5.84. The van der Waals surface area contributed by atoms with E-state index >= 15 is 0 Å². The summed E-state index contributed by atoms with van der Waals surface area (Å²) in [6.07, 6.45) is 3.12. The van der Waals surface area contributed by atoms with Gasteiger partial charge in [0.1, 0.15) is 0 Å². The lowest BCUT2D eigenvalue weighted by Gasteiger charge is -2.33. The van der Waals surface area contributed by atoms with Crippen LogP contribution in [-0.4, -0.2) is 56.0 Å². The van der Waals surface area contributed by atoms with Gasteiger partial charge < -0.3 is 20.5 Å². The Morgan fingerprint density at radius 1 is 1.47 bits per heavy atom. The number of nitrogens with zero attached hydrogens (tertiary/aromatic N) is 1. The van der Waals surface area contributed by atoms with Crippen molar-refractivity contribution in [3.05, 3.63) is 0 Å². The van der Waals surface area contributed by atoms with Gasteiger partial charge in [-0.2, -0.15) is 0 Å². The van der Waals surface area contributed by atoms with E-state index in [9.17, 15) is 0 Å². The van der Waals surface area contributed by atoms with E-state index in [4.69, 9.17) is 15.6 Å². The number of hydrogen-bond donors (Lipinski definition) is 2. The Hall–Kier alpha value is -0.160. The molecule has 0 aromatic rings. The van der Waals surface area contributed by atoms with Gasteiger partial charge in [-0.25, -0.2) is 0 Å². The van der Waals surface area contributed by atoms with Gasteiger partial charge in [0.05, 0.1) is 0 Å². The summed E-state index contributed by atoms with van der Waals surface area (Å²) in [5, 5.41) is 8.76. The van der Waals surface area contributed by atoms with Gasteiger partial charge in [-0.05, 0) is 38.3 Å². The van der Waals surface area contributed by atoms with Gasteiger partial charge in [0.15, 0.2) is 0 Å². The predicted molar refractivity (Wildman–Crippen MR) is 60.7 cm³/mol. The summed E-state index contributed by atoms with van der Waals surface area (Å²) >= 11 is 0. The molecule has 4 heteroatoms. The second-order valence-electron chi connectivity index (χ2n) is 4.47. The van der Waals surface area contributed by atoms with E-state index < -0.39 is 0 Å². The molecular weight excluding hydrogens is 192 g/mol. The highest BCUT2D eigenvalue weighted by Crippen LogP contribution is 2.17. The molecule has 3 N–H and O–H groups in total. The maximum Gasteiger partial charge on any atom is 0.0491 e. The third-order valence-electron chi connectivity index (χ3n) is 3.10. The third-order valence-corrected chi connectivity index (χ3v) is 3.10. The number of nitrogens with two attached hydrogens (primary N) is 1. The van der Waals surface area contributed by atoms with Crippen molar-refractivity contribution in [2.24, 2.45) is 11.7 Å². The monoisotopic (exact) mass is 216 g/mol. The smallest absolute Gasteiger partial charge is 0.0491 e. The Kier molecular flexibility index (Phi) is 6.17. The molecule has 15 heavy (non-hydrogen) atoms. The van der Waals surface area contributed by atoms with Crippen LogP contribution in [0.5, 0.6) is 0 Å². The molecule has 0 aliphatic carbocycles. The molecule has 0 saturated carbocycles. The second-order valence-corrected chi connectivity index (χ2v) is 4.47. The first kappa shape index (κ1) is 12.9. The zero-order valence-corrected chi connectivity index (χ0v) is 9.69. The number of methoxy groups -OCH3 is 1. The fourth-order valence-corrected chi connectivity index (χ4v) is 2.16. The largest absolute Gasteiger partial charge is 0.396 e. The molecule has 1 aliphatic rings. The maximum atomic E-state index is 8.76. The van der Waals surface area contributed by atoms with Gasteiger partial charge in [-0.15, -0.1) is 0 Å². The molecule has 0 bridgehead atoms. The first-order valence-corrected chi connectivity index (χ1v) is 5.84. The molecule has 1 aliphatic heterocycles. The summed E-state index contributed by atoms with van der Waals surface area (Å²) in [5.74, 6) is 0.723. The van der Waals surface area contributed by atoms with Crippen LogP contribution >= 0.6 is 0 Å². The number of rotatable bonds is 6. The molecule has 4 nitrogen and oxygen atoms in total. The zero-order valence-electron chi connectivity index (χ0n) is 9.69. The SMILES string of the molecule is COCC1CCN(CC(N)CCO)CC1. The molecular formula is C11H24N2O2. The standard InChI is InChI=1S/C11H24N2O2/c1-15-9-10-2-5-13(6-3-10)8-11(12)4-7-14/h10-11,14H,2-9,12H2,1H3. The average molecular weight is 216 g/mol. The van der Waals surface area contributed by atoms with Crippen molar-refractivity contribution < 1.29 is 9.84 Å². The average Bonchev–Trinajstić information content (AvgIpc) is 2.22. The second kappa shape index (κ2) is 7.17. The van der Waals surface area contributed by atoms with E-state index in [1.807, 2.05) is 0 Å². The summed E-state index contributed by atoms with van der Waals surface area (Å²) in [6.45, 7) is 4.23. The summed E-state index contributed by atoms with van der Waals surface area (Å²) in [6, 6.07) is 0.119. The fourth-order valence-electron chi connectivity index (χ4n) is 2.16. The Balaban J connectivity index is 2.14. The molecule has 0 aromatic heterocycles. The Bertz CT molecular complexity index is 159. The fraction of sp³-hybridized carbons (Fsp3) is 1.00. The third kappa shape index (κ3) is 4.93. The molecule has 1 rings (SSSR count). The van der Waals surface area contributed by atoms with Gasteiger partial charge in [0.2, 0.25) is 0 Å². The summed E-state index contributed by atoms with van der Waals surface area (Å²) < 4.78 is 5.16. The minimum atomic E-state index is 0.119. The molecule has 1 atom stereocenters. The number of hydrogen-bond acceptors (Lipinski definition) is 4. The maximum absolute atomic E-state index is 8.76. The minimum absolute atomic E-state index is 0.119. The molecule has 1 heterocycles. The van der Waals surface area contributed by atoms with Crippen molar-refractivity contribution in [2.75, 3.05) is 40.0 Å². The number of piperidine rings is 1. The van der Waals surface area contributed by atoms with E-state index in [1.165, 1.54) is 12.8 Å². The molecule has 90 valence electrons. The molecule has 1 saturated heterocycles. The van der Waals surface area contributed by atoms with Crippen LogP contribution in [0.25, 0.3) is 0 Å². The van der Waals surface area contributed by atoms with Gasteiger partial charge in [-0.1, -0.05) is 0 Å². The van der Waals surface area contributed by atoms with Crippen LogP contribution in [0.2, 0.25) is 0 Å². The molecule has 0 aromatic carbocycles. The Labute approximate surface area is 92.4 Å². The van der Waals surface area contributed by atoms with Crippen LogP contribution in [0.4, 0.5) is 0 Å². The normalized spacial score (nSPS) is 21.8. The van der Waals surface area contributed by atoms with Crippen LogP contribution in [0.1, 0.15) is 19.3 Å². The quantitative estimate of drug-likeness (QED) is 0.659. The van der Waals surface area contributed by atoms with Crippen LogP contribution in [0.3, 0.4) is 0 Å². The lowest BCUT2D eigenvalue weighted by Crippen LogP contribution is -2.42. The van der Waals surface area contributed by atoms with E-state index in [2.05, 4.69) is 4.90 Å². The lowest BCUT2D eigenvalue weighted by atomic mass is 9.97. The predicted octanol–water partition coefficient (Wildman–Crippen LogP) is 0.0545. The van der Waals surface area contributed by atoms with Crippen LogP contribution in [-0.2, 0) is 4.74 Å². The first-order chi connectivity index (χ1) is 7.26. The van der Waals surface area contributed by atoms with Crippen molar-refractivity contribution in [3.63, 3.8) is 0 Å². The Morgan fingerprint density at radius 3 is 2.67 bits per heavy atom. The van der Waals surface area contributed by atoms with E-state index in [1.54, 1.807) is 7.11 Å². The molecule has 1 unspecified atom stereocenters. The number of aliphatic hydroxyl groups excluding tert-OH is 1. The number of aliphatic hydroxyl groups is 1. The number of likely N-dealkylation sites (tertiary alicyclic amines) is 1. The highest BCUT2D eigenvalue weighted by Gasteiger charge is 2.20. The van der Waals surface area contributed by atoms with Crippen molar-refractivity contribution in [1.29, 1.82) is 0 Å². The summed E-state index contributed by atoms with van der Waals surface area (Å²) in [4.78, 5) is 2.40. The van der Waals surface area contributed by atoms with E-state index in [-0.39, 0.29) is 12.6 Å². The van der Waals surface area contributed by atoms with Crippen molar-refractivity contribution in [2.45, 2.75) is 25.3 Å². The Morgan fingerprint density at radius 2 is 2.13 bits per heavy atom.